The van der Waals surface area contributed by atoms with Gasteiger partial charge in [0.1, 0.15) is 5.65 Å². The molecule has 6 rings (SSSR count). The van der Waals surface area contributed by atoms with Gasteiger partial charge in [-0.25, -0.2) is 9.50 Å². The lowest BCUT2D eigenvalue weighted by Crippen LogP contribution is -2.37. The van der Waals surface area contributed by atoms with Crippen LogP contribution in [0.15, 0.2) is 36.9 Å². The molecule has 2 fully saturated rings. The van der Waals surface area contributed by atoms with E-state index in [-0.39, 0.29) is 5.91 Å². The van der Waals surface area contributed by atoms with Crippen LogP contribution >= 0.6 is 0 Å². The lowest BCUT2D eigenvalue weighted by Gasteiger charge is -2.29. The van der Waals surface area contributed by atoms with Gasteiger partial charge in [0.2, 0.25) is 5.95 Å². The summed E-state index contributed by atoms with van der Waals surface area (Å²) < 4.78 is 1.77. The SMILES string of the molecule is CN1CCC(Nc2ncc3c(-c4ccn5ncc(C(=O)N6CCCCC6)c5c4)c[nH]c3n2)CC1. The number of hydrogen-bond donors (Lipinski definition) is 2. The molecule has 9 heteroatoms. The average molecular weight is 459 g/mol. The number of H-pyrrole nitrogens is 1. The summed E-state index contributed by atoms with van der Waals surface area (Å²) in [5, 5.41) is 8.87. The second-order valence-electron chi connectivity index (χ2n) is 9.54. The van der Waals surface area contributed by atoms with Gasteiger partial charge in [0.15, 0.2) is 0 Å². The van der Waals surface area contributed by atoms with E-state index in [0.29, 0.717) is 17.6 Å². The van der Waals surface area contributed by atoms with Crippen molar-refractivity contribution >= 4 is 28.4 Å². The summed E-state index contributed by atoms with van der Waals surface area (Å²) in [7, 11) is 2.16. The minimum Gasteiger partial charge on any atom is -0.351 e. The van der Waals surface area contributed by atoms with Crippen molar-refractivity contribution in [1.29, 1.82) is 0 Å². The van der Waals surface area contributed by atoms with Crippen LogP contribution in [0, 0.1) is 0 Å². The Morgan fingerprint density at radius 2 is 1.94 bits per heavy atom. The predicted molar refractivity (Wildman–Crippen MR) is 132 cm³/mol. The van der Waals surface area contributed by atoms with Crippen LogP contribution in [-0.2, 0) is 0 Å². The van der Waals surface area contributed by atoms with Gasteiger partial charge in [-0.15, -0.1) is 0 Å². The molecule has 0 unspecified atom stereocenters. The summed E-state index contributed by atoms with van der Waals surface area (Å²) in [6, 6.07) is 4.46. The maximum absolute atomic E-state index is 13.1. The predicted octanol–water partition coefficient (Wildman–Crippen LogP) is 3.40. The molecule has 4 aromatic rings. The fourth-order valence-electron chi connectivity index (χ4n) is 5.13. The fraction of sp³-hybridized carbons (Fsp3) is 0.440. The van der Waals surface area contributed by atoms with Gasteiger partial charge < -0.3 is 20.1 Å². The number of carbonyl (C=O) groups is 1. The molecule has 1 amide bonds. The molecule has 0 saturated carbocycles. The summed E-state index contributed by atoms with van der Waals surface area (Å²) >= 11 is 0. The van der Waals surface area contributed by atoms with E-state index in [1.165, 1.54) is 6.42 Å². The summed E-state index contributed by atoms with van der Waals surface area (Å²) in [5.41, 5.74) is 4.30. The number of pyridine rings is 1. The van der Waals surface area contributed by atoms with Crippen LogP contribution < -0.4 is 5.32 Å². The summed E-state index contributed by atoms with van der Waals surface area (Å²) in [4.78, 5) is 30.1. The molecule has 0 aromatic carbocycles. The Morgan fingerprint density at radius 3 is 2.76 bits per heavy atom. The van der Waals surface area contributed by atoms with Gasteiger partial charge in [0, 0.05) is 48.7 Å². The van der Waals surface area contributed by atoms with E-state index in [4.69, 9.17) is 4.98 Å². The lowest BCUT2D eigenvalue weighted by molar-refractivity contribution is 0.0726. The molecule has 9 nitrogen and oxygen atoms in total. The Balaban J connectivity index is 1.28. The van der Waals surface area contributed by atoms with E-state index in [1.54, 1.807) is 10.7 Å². The molecule has 0 bridgehead atoms. The number of likely N-dealkylation sites (tertiary alicyclic amines) is 2. The van der Waals surface area contributed by atoms with Crippen molar-refractivity contribution in [2.24, 2.45) is 0 Å². The maximum Gasteiger partial charge on any atom is 0.257 e. The Kier molecular flexibility index (Phi) is 5.41. The maximum atomic E-state index is 13.1. The normalized spacial score (nSPS) is 18.1. The number of aromatic nitrogens is 5. The number of piperidine rings is 2. The highest BCUT2D eigenvalue weighted by molar-refractivity contribution is 6.02. The fourth-order valence-corrected chi connectivity index (χ4v) is 5.13. The summed E-state index contributed by atoms with van der Waals surface area (Å²) in [6.45, 7) is 3.82. The number of nitrogens with zero attached hydrogens (tertiary/aromatic N) is 6. The molecule has 176 valence electrons. The van der Waals surface area contributed by atoms with Crippen LogP contribution in [0.5, 0.6) is 0 Å². The Hall–Kier alpha value is -3.46. The number of anilines is 1. The largest absolute Gasteiger partial charge is 0.351 e. The van der Waals surface area contributed by atoms with Crippen molar-refractivity contribution in [3.8, 4) is 11.1 Å². The van der Waals surface area contributed by atoms with Crippen molar-refractivity contribution in [3.63, 3.8) is 0 Å². The van der Waals surface area contributed by atoms with Crippen molar-refractivity contribution in [2.45, 2.75) is 38.1 Å². The number of hydrogen-bond acceptors (Lipinski definition) is 6. The van der Waals surface area contributed by atoms with Crippen LogP contribution in [0.2, 0.25) is 0 Å². The van der Waals surface area contributed by atoms with Crippen molar-refractivity contribution < 1.29 is 4.79 Å². The number of aromatic amines is 1. The topological polar surface area (TPSA) is 94.5 Å². The Labute approximate surface area is 198 Å². The molecule has 4 aromatic heterocycles. The van der Waals surface area contributed by atoms with Gasteiger partial charge in [-0.2, -0.15) is 10.1 Å². The molecule has 2 N–H and O–H groups in total. The monoisotopic (exact) mass is 458 g/mol. The van der Waals surface area contributed by atoms with Gasteiger partial charge in [-0.1, -0.05) is 0 Å². The number of carbonyl (C=O) groups excluding carboxylic acids is 1. The first kappa shape index (κ1) is 21.1. The number of rotatable bonds is 4. The zero-order chi connectivity index (χ0) is 23.1. The highest BCUT2D eigenvalue weighted by atomic mass is 16.2. The Morgan fingerprint density at radius 1 is 1.12 bits per heavy atom. The van der Waals surface area contributed by atoms with Crippen LogP contribution in [0.4, 0.5) is 5.95 Å². The lowest BCUT2D eigenvalue weighted by atomic mass is 10.1. The van der Waals surface area contributed by atoms with E-state index < -0.39 is 0 Å². The van der Waals surface area contributed by atoms with E-state index in [2.05, 4.69) is 32.3 Å². The number of nitrogens with one attached hydrogen (secondary N) is 2. The van der Waals surface area contributed by atoms with E-state index in [1.807, 2.05) is 35.6 Å². The first-order chi connectivity index (χ1) is 16.7. The molecule has 0 atom stereocenters. The molecular weight excluding hydrogens is 428 g/mol. The Bertz CT molecular complexity index is 1330. The molecule has 2 aliphatic rings. The van der Waals surface area contributed by atoms with Crippen LogP contribution in [0.1, 0.15) is 42.5 Å². The van der Waals surface area contributed by atoms with Crippen molar-refractivity contribution in [1.82, 2.24) is 34.4 Å². The smallest absolute Gasteiger partial charge is 0.257 e. The highest BCUT2D eigenvalue weighted by Gasteiger charge is 2.22. The van der Waals surface area contributed by atoms with E-state index in [9.17, 15) is 4.79 Å². The van der Waals surface area contributed by atoms with Gasteiger partial charge in [-0.05, 0) is 69.9 Å². The second kappa shape index (κ2) is 8.72. The quantitative estimate of drug-likeness (QED) is 0.487. The van der Waals surface area contributed by atoms with Gasteiger partial charge in [-0.3, -0.25) is 4.79 Å². The van der Waals surface area contributed by atoms with Crippen molar-refractivity contribution in [2.75, 3.05) is 38.5 Å². The van der Waals surface area contributed by atoms with Gasteiger partial charge in [0.05, 0.1) is 17.3 Å². The second-order valence-corrected chi connectivity index (χ2v) is 9.54. The molecule has 6 heterocycles. The summed E-state index contributed by atoms with van der Waals surface area (Å²) in [5.74, 6) is 0.731. The first-order valence-electron chi connectivity index (χ1n) is 12.2. The molecule has 0 radical (unpaired) electrons. The third-order valence-electron chi connectivity index (χ3n) is 7.19. The molecular formula is C25H30N8O. The third-order valence-corrected chi connectivity index (χ3v) is 7.19. The van der Waals surface area contributed by atoms with Crippen LogP contribution in [-0.4, -0.2) is 79.5 Å². The molecule has 2 saturated heterocycles. The van der Waals surface area contributed by atoms with Crippen LogP contribution in [0.25, 0.3) is 27.7 Å². The number of amides is 1. The molecule has 2 aliphatic heterocycles. The first-order valence-corrected chi connectivity index (χ1v) is 12.2. The van der Waals surface area contributed by atoms with Gasteiger partial charge in [0.25, 0.3) is 5.91 Å². The zero-order valence-electron chi connectivity index (χ0n) is 19.5. The number of fused-ring (bicyclic) bond motifs is 2. The molecule has 34 heavy (non-hydrogen) atoms. The zero-order valence-corrected chi connectivity index (χ0v) is 19.5. The minimum absolute atomic E-state index is 0.0683. The highest BCUT2D eigenvalue weighted by Crippen LogP contribution is 2.30. The van der Waals surface area contributed by atoms with Crippen molar-refractivity contribution in [3.05, 3.63) is 42.5 Å². The molecule has 0 aliphatic carbocycles. The third kappa shape index (κ3) is 3.90. The van der Waals surface area contributed by atoms with E-state index >= 15 is 0 Å². The van der Waals surface area contributed by atoms with Gasteiger partial charge >= 0.3 is 0 Å². The molecule has 0 spiro atoms. The van der Waals surface area contributed by atoms with E-state index in [0.717, 1.165) is 79.5 Å². The van der Waals surface area contributed by atoms with Crippen LogP contribution in [0.3, 0.4) is 0 Å². The standard InChI is InChI=1S/C25H30N8O/c1-31-10-6-18(7-11-31)29-25-27-15-20-19(14-26-23(20)30-25)17-5-12-33-22(13-17)21(16-28-33)24(34)32-8-3-2-4-9-32/h5,12-16,18H,2-4,6-11H2,1H3,(H2,26,27,29,30). The average Bonchev–Trinajstić information content (AvgIpc) is 3.49. The minimum atomic E-state index is 0.0683. The summed E-state index contributed by atoms with van der Waals surface area (Å²) in [6.07, 6.45) is 13.0.